The van der Waals surface area contributed by atoms with Crippen LogP contribution in [0.15, 0.2) is 0 Å². The lowest BCUT2D eigenvalue weighted by atomic mass is 9.80. The van der Waals surface area contributed by atoms with Crippen LogP contribution in [0.5, 0.6) is 0 Å². The van der Waals surface area contributed by atoms with Gasteiger partial charge in [0.15, 0.2) is 0 Å². The van der Waals surface area contributed by atoms with Crippen molar-refractivity contribution in [1.29, 1.82) is 0 Å². The molecule has 0 heterocycles. The summed E-state index contributed by atoms with van der Waals surface area (Å²) in [5, 5.41) is 0. The van der Waals surface area contributed by atoms with Crippen LogP contribution in [0.2, 0.25) is 0 Å². The topological polar surface area (TPSA) is 104 Å². The smallest absolute Gasteiger partial charge is 0.134 e. The van der Waals surface area contributed by atoms with Gasteiger partial charge >= 0.3 is 0 Å². The summed E-state index contributed by atoms with van der Waals surface area (Å²) < 4.78 is 0. The van der Waals surface area contributed by atoms with Gasteiger partial charge in [0.1, 0.15) is 5.79 Å². The minimum Gasteiger partial charge on any atom is -0.322 e. The highest BCUT2D eigenvalue weighted by molar-refractivity contribution is 4.97. The van der Waals surface area contributed by atoms with Crippen molar-refractivity contribution in [3.8, 4) is 0 Å². The lowest BCUT2D eigenvalue weighted by Crippen LogP contribution is -2.76. The van der Waals surface area contributed by atoms with E-state index >= 15 is 0 Å². The van der Waals surface area contributed by atoms with Gasteiger partial charge in [0.25, 0.3) is 0 Å². The predicted octanol–water partition coefficient (Wildman–Crippen LogP) is 4.74. The molecule has 25 heavy (non-hydrogen) atoms. The van der Waals surface area contributed by atoms with Crippen molar-refractivity contribution in [3.63, 3.8) is 0 Å². The second-order valence-electron chi connectivity index (χ2n) is 8.53. The molecule has 0 radical (unpaired) electrons. The lowest BCUT2D eigenvalue weighted by Gasteiger charge is -2.40. The van der Waals surface area contributed by atoms with E-state index in [2.05, 4.69) is 13.8 Å². The monoisotopic (exact) mass is 356 g/mol. The van der Waals surface area contributed by atoms with Crippen molar-refractivity contribution in [3.05, 3.63) is 0 Å². The fourth-order valence-corrected chi connectivity index (χ4v) is 3.55. The van der Waals surface area contributed by atoms with Crippen molar-refractivity contribution in [2.45, 2.75) is 128 Å². The Hall–Kier alpha value is -0.160. The zero-order valence-corrected chi connectivity index (χ0v) is 17.5. The van der Waals surface area contributed by atoms with Crippen LogP contribution >= 0.6 is 0 Å². The Morgan fingerprint density at radius 1 is 0.600 bits per heavy atom. The summed E-state index contributed by atoms with van der Waals surface area (Å²) in [6, 6.07) is 0. The van der Waals surface area contributed by atoms with Gasteiger partial charge in [0, 0.05) is 0 Å². The average Bonchev–Trinajstić information content (AvgIpc) is 2.52. The minimum absolute atomic E-state index is 0.585. The molecular weight excluding hydrogens is 308 g/mol. The Bertz CT molecular complexity index is 297. The van der Waals surface area contributed by atoms with Crippen molar-refractivity contribution < 1.29 is 0 Å². The molecular formula is C21H48N4. The molecule has 0 fully saturated rings. The molecule has 0 aliphatic carbocycles. The molecule has 0 aromatic rings. The first-order chi connectivity index (χ1) is 11.7. The summed E-state index contributed by atoms with van der Waals surface area (Å²) in [6.45, 7) is 6.43. The van der Waals surface area contributed by atoms with Crippen molar-refractivity contribution in [1.82, 2.24) is 0 Å². The highest BCUT2D eigenvalue weighted by Gasteiger charge is 2.37. The van der Waals surface area contributed by atoms with Gasteiger partial charge in [-0.05, 0) is 19.3 Å². The van der Waals surface area contributed by atoms with Crippen molar-refractivity contribution >= 4 is 0 Å². The van der Waals surface area contributed by atoms with E-state index in [4.69, 9.17) is 22.9 Å². The van der Waals surface area contributed by atoms with E-state index in [1.165, 1.54) is 89.9 Å². The molecule has 0 saturated carbocycles. The summed E-state index contributed by atoms with van der Waals surface area (Å²) in [5.41, 5.74) is 23.4. The maximum Gasteiger partial charge on any atom is 0.134 e. The molecule has 0 aromatic heterocycles. The van der Waals surface area contributed by atoms with Crippen LogP contribution in [-0.2, 0) is 0 Å². The lowest BCUT2D eigenvalue weighted by molar-refractivity contribution is 0.190. The van der Waals surface area contributed by atoms with Crippen LogP contribution in [-0.4, -0.2) is 11.3 Å². The third-order valence-corrected chi connectivity index (χ3v) is 5.63. The second kappa shape index (κ2) is 14.0. The molecule has 0 aliphatic rings. The molecule has 0 aromatic carbocycles. The molecule has 2 atom stereocenters. The molecule has 0 saturated heterocycles. The molecule has 8 N–H and O–H groups in total. The first-order valence-corrected chi connectivity index (χ1v) is 10.9. The first-order valence-electron chi connectivity index (χ1n) is 10.9. The number of hydrogen-bond acceptors (Lipinski definition) is 4. The van der Waals surface area contributed by atoms with Crippen molar-refractivity contribution in [2.75, 3.05) is 0 Å². The normalized spacial score (nSPS) is 16.0. The maximum atomic E-state index is 6.36. The molecule has 2 unspecified atom stereocenters. The summed E-state index contributed by atoms with van der Waals surface area (Å²) >= 11 is 0. The Labute approximate surface area is 157 Å². The van der Waals surface area contributed by atoms with Crippen LogP contribution in [0, 0.1) is 5.92 Å². The molecule has 0 bridgehead atoms. The van der Waals surface area contributed by atoms with Gasteiger partial charge in [-0.1, -0.05) is 104 Å². The molecule has 152 valence electrons. The second-order valence-corrected chi connectivity index (χ2v) is 8.53. The van der Waals surface area contributed by atoms with E-state index in [0.717, 1.165) is 6.42 Å². The Morgan fingerprint density at radius 2 is 0.960 bits per heavy atom. The van der Waals surface area contributed by atoms with E-state index in [1.54, 1.807) is 0 Å². The SMILES string of the molecule is CCCCCCCCCC(CCCCCCC)CC(C)(N)C(N)(N)N. The summed E-state index contributed by atoms with van der Waals surface area (Å²) in [4.78, 5) is 0. The first kappa shape index (κ1) is 24.8. The Balaban J connectivity index is 4.24. The van der Waals surface area contributed by atoms with Crippen LogP contribution in [0.4, 0.5) is 0 Å². The van der Waals surface area contributed by atoms with Gasteiger partial charge < -0.3 is 5.73 Å². The van der Waals surface area contributed by atoms with E-state index in [1.807, 2.05) is 6.92 Å². The summed E-state index contributed by atoms with van der Waals surface area (Å²) in [5.74, 6) is -0.726. The zero-order chi connectivity index (χ0) is 19.2. The highest BCUT2D eigenvalue weighted by atomic mass is 15.2. The van der Waals surface area contributed by atoms with E-state index in [-0.39, 0.29) is 0 Å². The molecule has 0 amide bonds. The van der Waals surface area contributed by atoms with Gasteiger partial charge in [-0.3, -0.25) is 17.2 Å². The summed E-state index contributed by atoms with van der Waals surface area (Å²) in [6.07, 6.45) is 19.3. The highest BCUT2D eigenvalue weighted by Crippen LogP contribution is 2.28. The number of unbranched alkanes of at least 4 members (excludes halogenated alkanes) is 10. The van der Waals surface area contributed by atoms with Gasteiger partial charge in [-0.15, -0.1) is 0 Å². The van der Waals surface area contributed by atoms with Gasteiger partial charge in [0.05, 0.1) is 5.54 Å². The number of nitrogens with two attached hydrogens (primary N) is 4. The number of rotatable bonds is 17. The van der Waals surface area contributed by atoms with Crippen LogP contribution < -0.4 is 22.9 Å². The van der Waals surface area contributed by atoms with Gasteiger partial charge in [-0.25, -0.2) is 0 Å². The third-order valence-electron chi connectivity index (χ3n) is 5.63. The molecule has 4 heteroatoms. The fourth-order valence-electron chi connectivity index (χ4n) is 3.55. The van der Waals surface area contributed by atoms with E-state index in [0.29, 0.717) is 5.92 Å². The molecule has 0 rings (SSSR count). The average molecular weight is 357 g/mol. The standard InChI is InChI=1S/C21H48N4/c1-4-6-8-10-11-13-15-17-19(16-14-12-9-7-5-2)18-20(3,22)21(23,24)25/h19H,4-18,22-25H2,1-3H3. The van der Waals surface area contributed by atoms with Crippen molar-refractivity contribution in [2.24, 2.45) is 28.9 Å². The Morgan fingerprint density at radius 3 is 1.32 bits per heavy atom. The predicted molar refractivity (Wildman–Crippen MR) is 112 cm³/mol. The van der Waals surface area contributed by atoms with Crippen LogP contribution in [0.1, 0.15) is 117 Å². The summed E-state index contributed by atoms with van der Waals surface area (Å²) in [7, 11) is 0. The quantitative estimate of drug-likeness (QED) is 0.223. The van der Waals surface area contributed by atoms with Gasteiger partial charge in [-0.2, -0.15) is 0 Å². The number of hydrogen-bond donors (Lipinski definition) is 4. The molecule has 0 aliphatic heterocycles. The Kier molecular flexibility index (Phi) is 13.9. The third kappa shape index (κ3) is 12.8. The van der Waals surface area contributed by atoms with Crippen LogP contribution in [0.25, 0.3) is 0 Å². The van der Waals surface area contributed by atoms with Crippen LogP contribution in [0.3, 0.4) is 0 Å². The largest absolute Gasteiger partial charge is 0.322 e. The van der Waals surface area contributed by atoms with E-state index < -0.39 is 11.3 Å². The minimum atomic E-state index is -1.31. The maximum absolute atomic E-state index is 6.36. The zero-order valence-electron chi connectivity index (χ0n) is 17.5. The van der Waals surface area contributed by atoms with Gasteiger partial charge in [0.2, 0.25) is 0 Å². The van der Waals surface area contributed by atoms with E-state index in [9.17, 15) is 0 Å². The fraction of sp³-hybridized carbons (Fsp3) is 1.00. The molecule has 4 nitrogen and oxygen atoms in total. The molecule has 0 spiro atoms.